The van der Waals surface area contributed by atoms with Crippen LogP contribution in [-0.4, -0.2) is 58.8 Å². The molecule has 10 nitrogen and oxygen atoms in total. The van der Waals surface area contributed by atoms with Crippen LogP contribution in [0.3, 0.4) is 0 Å². The van der Waals surface area contributed by atoms with Gasteiger partial charge in [-0.3, -0.25) is 0 Å². The van der Waals surface area contributed by atoms with E-state index in [4.69, 9.17) is 18.9 Å². The van der Waals surface area contributed by atoms with Crippen molar-refractivity contribution in [1.29, 1.82) is 0 Å². The summed E-state index contributed by atoms with van der Waals surface area (Å²) in [6.45, 7) is 11.0. The molecule has 3 fully saturated rings. The van der Waals surface area contributed by atoms with Crippen molar-refractivity contribution in [1.82, 2.24) is 10.6 Å². The zero-order valence-corrected chi connectivity index (χ0v) is 41.0. The van der Waals surface area contributed by atoms with Gasteiger partial charge in [0.25, 0.3) is 0 Å². The van der Waals surface area contributed by atoms with E-state index in [1.54, 1.807) is 65.0 Å². The standard InChI is InChI=1S/C27H29F6NO5.C25H25F6NO3/c1-16(17-10-19(26(28,29)30)12-20(11-17)27(31,32)33)38-15-24(18-8-6-5-7-9-18)13-25(14-24,21(35)36)34-22(37)39-23(2,3)4;1-15(16-9-18(24(26,27)28)11-19(10-16)25(29,30)31)34-14-22(17-7-5-4-6-8-17)12-23(13-22)21(2,3)35-20(33)32-23/h5-12,16H,13-15H2,1-4H3,(H,34,37)(H,35,36);4-11,15H,12-14H2,1-3H3,(H,32,33)/t16-,24?,25?;15-,22?,23?/m11/s1. The largest absolute Gasteiger partial charge is 0.480 e. The highest BCUT2D eigenvalue weighted by molar-refractivity contribution is 5.86. The number of alkyl carbamates (subject to hydrolysis) is 2. The number of aliphatic carboxylic acids is 1. The van der Waals surface area contributed by atoms with Crippen molar-refractivity contribution < 1.29 is 91.1 Å². The maximum atomic E-state index is 13.3. The molecule has 1 heterocycles. The molecule has 74 heavy (non-hydrogen) atoms. The number of nitrogens with one attached hydrogen (secondary N) is 2. The summed E-state index contributed by atoms with van der Waals surface area (Å²) in [5.74, 6) is -1.32. The molecular weight excluding hydrogens is 1010 g/mol. The zero-order valence-electron chi connectivity index (χ0n) is 41.0. The Kier molecular flexibility index (Phi) is 15.4. The van der Waals surface area contributed by atoms with Gasteiger partial charge in [0.05, 0.1) is 53.2 Å². The minimum atomic E-state index is -5.01. The lowest BCUT2D eigenvalue weighted by molar-refractivity contribution is -0.155. The number of rotatable bonds is 12. The molecule has 22 heteroatoms. The van der Waals surface area contributed by atoms with Crippen LogP contribution < -0.4 is 10.6 Å². The molecule has 4 aromatic rings. The average molecular weight is 1060 g/mol. The summed E-state index contributed by atoms with van der Waals surface area (Å²) in [6.07, 6.45) is -23.0. The van der Waals surface area contributed by atoms with Gasteiger partial charge >= 0.3 is 42.9 Å². The molecule has 2 saturated carbocycles. The Morgan fingerprint density at radius 3 is 1.27 bits per heavy atom. The maximum absolute atomic E-state index is 13.3. The zero-order chi connectivity index (χ0) is 55.3. The normalized spacial score (nSPS) is 24.5. The molecule has 0 bridgehead atoms. The number of benzene rings is 4. The van der Waals surface area contributed by atoms with Crippen molar-refractivity contribution in [3.63, 3.8) is 0 Å². The first-order valence-electron chi connectivity index (χ1n) is 23.0. The third-order valence-corrected chi connectivity index (χ3v) is 13.7. The van der Waals surface area contributed by atoms with Crippen molar-refractivity contribution in [3.05, 3.63) is 142 Å². The second kappa shape index (κ2) is 19.9. The van der Waals surface area contributed by atoms with Gasteiger partial charge in [0, 0.05) is 10.8 Å². The van der Waals surface area contributed by atoms with E-state index < -0.39 is 110 Å². The summed E-state index contributed by atoms with van der Waals surface area (Å²) in [5.41, 5.74) is -10.4. The van der Waals surface area contributed by atoms with Crippen molar-refractivity contribution in [3.8, 4) is 0 Å². The van der Waals surface area contributed by atoms with E-state index in [1.165, 1.54) is 13.8 Å². The number of cyclic esters (lactones) is 1. The lowest BCUT2D eigenvalue weighted by Crippen LogP contribution is -2.69. The van der Waals surface area contributed by atoms with Gasteiger partial charge in [-0.05, 0) is 133 Å². The number of alkyl halides is 12. The molecule has 1 spiro atoms. The average Bonchev–Trinajstić information content (AvgIpc) is 3.50. The smallest absolute Gasteiger partial charge is 0.416 e. The Morgan fingerprint density at radius 1 is 0.622 bits per heavy atom. The quantitative estimate of drug-likeness (QED) is 0.120. The number of halogens is 12. The number of hydrogen-bond acceptors (Lipinski definition) is 7. The lowest BCUT2D eigenvalue weighted by atomic mass is 9.50. The molecule has 0 aromatic heterocycles. The van der Waals surface area contributed by atoms with Crippen LogP contribution in [0.15, 0.2) is 97.1 Å². The fraction of sp³-hybridized carbons (Fsp3) is 0.481. The Bertz CT molecular complexity index is 2600. The fourth-order valence-electron chi connectivity index (χ4n) is 9.77. The summed E-state index contributed by atoms with van der Waals surface area (Å²) < 4.78 is 182. The van der Waals surface area contributed by atoms with Crippen molar-refractivity contribution in [2.24, 2.45) is 0 Å². The van der Waals surface area contributed by atoms with Crippen molar-refractivity contribution >= 4 is 18.2 Å². The van der Waals surface area contributed by atoms with Crippen LogP contribution in [0.1, 0.15) is 131 Å². The minimum absolute atomic E-state index is 0.0312. The first-order valence-corrected chi connectivity index (χ1v) is 23.0. The summed E-state index contributed by atoms with van der Waals surface area (Å²) in [7, 11) is 0. The SMILES string of the molecule is C[C@@H](OCC1(c2ccccc2)CC(NC(=O)OC(C)(C)C)(C(=O)O)C1)c1cc(C(F)(F)F)cc(C(F)(F)F)c1.C[C@@H](OCC1(c2ccccc2)CC2(C1)NC(=O)OC2(C)C)c1cc(C(F)(F)F)cc(C(F)(F)F)c1. The van der Waals surface area contributed by atoms with Gasteiger partial charge in [0.2, 0.25) is 0 Å². The Hall–Kier alpha value is -6.03. The molecule has 3 aliphatic rings. The molecule has 3 N–H and O–H groups in total. The molecule has 0 unspecified atom stereocenters. The molecule has 2 atom stereocenters. The number of carboxylic acids is 1. The van der Waals surface area contributed by atoms with E-state index in [0.717, 1.165) is 5.56 Å². The van der Waals surface area contributed by atoms with Crippen LogP contribution in [-0.2, 0) is 59.3 Å². The molecule has 0 radical (unpaired) electrons. The number of ether oxygens (including phenoxy) is 4. The van der Waals surface area contributed by atoms with Gasteiger partial charge in [-0.25, -0.2) is 14.4 Å². The highest BCUT2D eigenvalue weighted by Gasteiger charge is 2.67. The van der Waals surface area contributed by atoms with E-state index in [0.29, 0.717) is 42.7 Å². The van der Waals surface area contributed by atoms with Gasteiger partial charge < -0.3 is 34.7 Å². The topological polar surface area (TPSA) is 132 Å². The number of carboxylic acid groups (broad SMARTS) is 1. The summed E-state index contributed by atoms with van der Waals surface area (Å²) >= 11 is 0. The predicted octanol–water partition coefficient (Wildman–Crippen LogP) is 13.7. The molecule has 1 saturated heterocycles. The Morgan fingerprint density at radius 2 is 0.973 bits per heavy atom. The van der Waals surface area contributed by atoms with Crippen LogP contribution in [0, 0.1) is 0 Å². The molecule has 404 valence electrons. The molecule has 7 rings (SSSR count). The molecule has 1 aliphatic heterocycles. The van der Waals surface area contributed by atoms with Gasteiger partial charge in [0.1, 0.15) is 16.7 Å². The van der Waals surface area contributed by atoms with Gasteiger partial charge in [-0.2, -0.15) is 52.7 Å². The molecule has 2 amide bonds. The third kappa shape index (κ3) is 12.5. The van der Waals surface area contributed by atoms with E-state index in [1.807, 2.05) is 30.3 Å². The second-order valence-electron chi connectivity index (χ2n) is 20.7. The number of hydrogen-bond donors (Lipinski definition) is 3. The lowest BCUT2D eigenvalue weighted by Gasteiger charge is -2.58. The van der Waals surface area contributed by atoms with Crippen molar-refractivity contribution in [2.45, 2.75) is 144 Å². The summed E-state index contributed by atoms with van der Waals surface area (Å²) in [4.78, 5) is 36.5. The van der Waals surface area contributed by atoms with Crippen LogP contribution >= 0.6 is 0 Å². The molecule has 4 aromatic carbocycles. The molecular formula is C52H54F12N2O8. The minimum Gasteiger partial charge on any atom is -0.480 e. The van der Waals surface area contributed by atoms with Gasteiger partial charge in [-0.1, -0.05) is 60.7 Å². The number of carbonyl (C=O) groups is 3. The van der Waals surface area contributed by atoms with Crippen LogP contribution in [0.2, 0.25) is 0 Å². The van der Waals surface area contributed by atoms with E-state index in [9.17, 15) is 72.2 Å². The first kappa shape index (κ1) is 57.3. The monoisotopic (exact) mass is 1060 g/mol. The first-order chi connectivity index (χ1) is 33.8. The highest BCUT2D eigenvalue weighted by Crippen LogP contribution is 2.58. The van der Waals surface area contributed by atoms with Gasteiger partial charge in [0.15, 0.2) is 0 Å². The van der Waals surface area contributed by atoms with E-state index in [2.05, 4.69) is 10.6 Å². The molecule has 2 aliphatic carbocycles. The number of amides is 2. The maximum Gasteiger partial charge on any atom is 0.416 e. The highest BCUT2D eigenvalue weighted by atomic mass is 19.4. The Labute approximate surface area is 418 Å². The summed E-state index contributed by atoms with van der Waals surface area (Å²) in [6, 6.07) is 20.5. The third-order valence-electron chi connectivity index (χ3n) is 13.7. The van der Waals surface area contributed by atoms with E-state index in [-0.39, 0.29) is 49.3 Å². The Balaban J connectivity index is 0.000000242. The van der Waals surface area contributed by atoms with Crippen LogP contribution in [0.25, 0.3) is 0 Å². The fourth-order valence-corrected chi connectivity index (χ4v) is 9.77. The second-order valence-corrected chi connectivity index (χ2v) is 20.7. The predicted molar refractivity (Wildman–Crippen MR) is 242 cm³/mol. The summed E-state index contributed by atoms with van der Waals surface area (Å²) in [5, 5.41) is 15.2. The van der Waals surface area contributed by atoms with Crippen molar-refractivity contribution in [2.75, 3.05) is 13.2 Å². The van der Waals surface area contributed by atoms with E-state index >= 15 is 0 Å². The van der Waals surface area contributed by atoms with Crippen LogP contribution in [0.4, 0.5) is 62.3 Å². The number of carbonyl (C=O) groups excluding carboxylic acids is 2. The van der Waals surface area contributed by atoms with Gasteiger partial charge in [-0.15, -0.1) is 0 Å². The van der Waals surface area contributed by atoms with Crippen LogP contribution in [0.5, 0.6) is 0 Å².